The van der Waals surface area contributed by atoms with Crippen molar-refractivity contribution in [2.45, 2.75) is 13.8 Å². The van der Waals surface area contributed by atoms with Gasteiger partial charge in [0.2, 0.25) is 0 Å². The van der Waals surface area contributed by atoms with Crippen molar-refractivity contribution in [1.29, 1.82) is 0 Å². The average molecular weight is 568 g/mol. The van der Waals surface area contributed by atoms with Gasteiger partial charge in [-0.05, 0) is 31.4 Å². The molecule has 0 unspecified atom stereocenters. The quantitative estimate of drug-likeness (QED) is 0.295. The van der Waals surface area contributed by atoms with Crippen LogP contribution in [0, 0.1) is 0 Å². The maximum Gasteiger partial charge on any atom is 2.00 e. The van der Waals surface area contributed by atoms with E-state index in [1.54, 1.807) is 38.4 Å². The van der Waals surface area contributed by atoms with Gasteiger partial charge in [0.1, 0.15) is 14.9 Å². The first-order chi connectivity index (χ1) is 15.6. The second-order valence-electron chi connectivity index (χ2n) is 5.93. The van der Waals surface area contributed by atoms with Gasteiger partial charge in [0, 0.05) is 11.6 Å². The van der Waals surface area contributed by atoms with Gasteiger partial charge in [-0.3, -0.25) is 0 Å². The number of aromatic nitrogens is 2. The summed E-state index contributed by atoms with van der Waals surface area (Å²) in [6.45, 7) is 3.89. The Hall–Kier alpha value is -2.02. The van der Waals surface area contributed by atoms with Crippen LogP contribution in [0.3, 0.4) is 0 Å². The summed E-state index contributed by atoms with van der Waals surface area (Å²) >= 11 is 5.24. The van der Waals surface area contributed by atoms with Gasteiger partial charge in [0.05, 0.1) is 23.8 Å². The summed E-state index contributed by atoms with van der Waals surface area (Å²) in [6, 6.07) is 0. The van der Waals surface area contributed by atoms with E-state index in [0.29, 0.717) is 10.0 Å². The molecule has 8 nitrogen and oxygen atoms in total. The Morgan fingerprint density at radius 3 is 2.52 bits per heavy atom. The van der Waals surface area contributed by atoms with E-state index in [2.05, 4.69) is 20.6 Å². The molecule has 175 valence electrons. The summed E-state index contributed by atoms with van der Waals surface area (Å²) < 4.78 is 10.5. The Kier molecular flexibility index (Phi) is 9.24. The van der Waals surface area contributed by atoms with Gasteiger partial charge in [-0.15, -0.1) is 46.2 Å². The molecule has 0 fully saturated rings. The van der Waals surface area contributed by atoms with Crippen molar-refractivity contribution in [3.05, 3.63) is 69.4 Å². The fourth-order valence-corrected chi connectivity index (χ4v) is 5.68. The molecule has 0 aromatic carbocycles. The van der Waals surface area contributed by atoms with Gasteiger partial charge in [0.15, 0.2) is 0 Å². The molecule has 0 saturated carbocycles. The average Bonchev–Trinajstić information content (AvgIpc) is 3.56. The summed E-state index contributed by atoms with van der Waals surface area (Å²) in [5.74, 6) is -1.04. The first-order valence-corrected chi connectivity index (χ1v) is 12.8. The van der Waals surface area contributed by atoms with Crippen LogP contribution < -0.4 is 0 Å². The topological polar surface area (TPSA) is 107 Å². The van der Waals surface area contributed by atoms with E-state index in [0.717, 1.165) is 10.0 Å². The van der Waals surface area contributed by atoms with Crippen LogP contribution >= 0.6 is 46.2 Å². The molecule has 0 amide bonds. The number of nitrogens with zero attached hydrogens (tertiary/aromatic N) is 4. The van der Waals surface area contributed by atoms with Gasteiger partial charge < -0.3 is 20.1 Å². The third-order valence-corrected chi connectivity index (χ3v) is 7.24. The molecule has 2 aromatic heterocycles. The van der Waals surface area contributed by atoms with Crippen molar-refractivity contribution in [1.82, 2.24) is 9.97 Å². The molecule has 0 spiro atoms. The van der Waals surface area contributed by atoms with E-state index >= 15 is 0 Å². The summed E-state index contributed by atoms with van der Waals surface area (Å²) in [4.78, 5) is 34.8. The zero-order valence-corrected chi connectivity index (χ0v) is 21.4. The van der Waals surface area contributed by atoms with Crippen LogP contribution in [0.1, 0.15) is 39.2 Å². The van der Waals surface area contributed by atoms with E-state index in [1.807, 2.05) is 10.8 Å². The molecule has 4 heterocycles. The number of carbonyl (C=O) groups excluding carboxylic acids is 2. The Bertz CT molecular complexity index is 1140. The Morgan fingerprint density at radius 2 is 1.85 bits per heavy atom. The largest absolute Gasteiger partial charge is 2.00 e. The van der Waals surface area contributed by atoms with E-state index in [1.165, 1.54) is 46.2 Å². The van der Waals surface area contributed by atoms with Crippen molar-refractivity contribution in [2.24, 2.45) is 0 Å². The fourth-order valence-electron chi connectivity index (χ4n) is 2.61. The van der Waals surface area contributed by atoms with E-state index < -0.39 is 11.9 Å². The van der Waals surface area contributed by atoms with E-state index in [-0.39, 0.29) is 51.5 Å². The Labute approximate surface area is 217 Å². The van der Waals surface area contributed by atoms with Crippen LogP contribution in [0.5, 0.6) is 0 Å². The van der Waals surface area contributed by atoms with Crippen LogP contribution in [-0.2, 0) is 31.3 Å². The molecule has 0 N–H and O–H groups in total. The number of thiazole rings is 2. The maximum absolute atomic E-state index is 12.7. The van der Waals surface area contributed by atoms with Crippen molar-refractivity contribution in [3.63, 3.8) is 0 Å². The minimum atomic E-state index is -0.521. The van der Waals surface area contributed by atoms with E-state index in [9.17, 15) is 9.59 Å². The predicted octanol–water partition coefficient (Wildman–Crippen LogP) is 6.01. The minimum absolute atomic E-state index is 0. The molecule has 33 heavy (non-hydrogen) atoms. The van der Waals surface area contributed by atoms with Crippen LogP contribution in [0.2, 0.25) is 0 Å². The summed E-state index contributed by atoms with van der Waals surface area (Å²) in [7, 11) is 0. The molecule has 2 aromatic rings. The smallest absolute Gasteiger partial charge is 0.658 e. The molecule has 2 aliphatic heterocycles. The van der Waals surface area contributed by atoms with Crippen LogP contribution in [0.25, 0.3) is 28.5 Å². The van der Waals surface area contributed by atoms with Crippen LogP contribution in [0.15, 0.2) is 38.1 Å². The van der Waals surface area contributed by atoms with Gasteiger partial charge >= 0.3 is 29.0 Å². The zero-order chi connectivity index (χ0) is 22.5. The summed E-state index contributed by atoms with van der Waals surface area (Å²) in [6.07, 6.45) is 6.94. The zero-order valence-electron chi connectivity index (χ0n) is 17.2. The fraction of sp³-hybridized carbons (Fsp3) is 0.200. The minimum Gasteiger partial charge on any atom is -0.658 e. The van der Waals surface area contributed by atoms with Crippen molar-refractivity contribution >= 4 is 76.0 Å². The second kappa shape index (κ2) is 11.9. The predicted molar refractivity (Wildman–Crippen MR) is 131 cm³/mol. The number of thioether (sulfide) groups is 2. The Morgan fingerprint density at radius 1 is 1.09 bits per heavy atom. The number of ether oxygens (including phenoxy) is 2. The molecule has 1 radical (unpaired) electrons. The molecular formula is C20H16CuN4O4S4. The second-order valence-corrected chi connectivity index (χ2v) is 9.84. The summed E-state index contributed by atoms with van der Waals surface area (Å²) in [5, 5.41) is 15.2. The number of rotatable bonds is 7. The number of carbonyl (C=O) groups is 2. The molecule has 0 saturated heterocycles. The van der Waals surface area contributed by atoms with Gasteiger partial charge in [-0.25, -0.2) is 19.6 Å². The molecular weight excluding hydrogens is 552 g/mol. The molecule has 0 bridgehead atoms. The molecule has 13 heteroatoms. The monoisotopic (exact) mass is 567 g/mol. The number of hydrogen-bond donors (Lipinski definition) is 0. The van der Waals surface area contributed by atoms with Gasteiger partial charge in [-0.1, -0.05) is 15.8 Å². The first-order valence-electron chi connectivity index (χ1n) is 9.43. The van der Waals surface area contributed by atoms with E-state index in [4.69, 9.17) is 9.47 Å². The van der Waals surface area contributed by atoms with Crippen LogP contribution in [0.4, 0.5) is 0 Å². The number of hydrogen-bond acceptors (Lipinski definition) is 10. The van der Waals surface area contributed by atoms with Gasteiger partial charge in [-0.2, -0.15) is 6.20 Å². The number of esters is 2. The van der Waals surface area contributed by atoms with Gasteiger partial charge in [0.25, 0.3) is 0 Å². The normalized spacial score (nSPS) is 17.2. The Balaban J connectivity index is 0.00000306. The third-order valence-electron chi connectivity index (χ3n) is 3.83. The van der Waals surface area contributed by atoms with Crippen molar-refractivity contribution < 1.29 is 36.1 Å². The maximum atomic E-state index is 12.7. The summed E-state index contributed by atoms with van der Waals surface area (Å²) in [5.41, 5.74) is 0.573. The third kappa shape index (κ3) is 6.11. The first kappa shape index (κ1) is 25.6. The standard InChI is InChI=1S/C20H18N4O4S4.Cu/c1-3-27-19(25)17-15(23-13(31-17)9-11-21-5-7-29-11)16-18(20(26)28-4-2)32-14(24-16)10-12-22-6-8-30-12;/h5-10H,3-4H2,1-2H3,(H2,21,22,23,24,25,26);/q;+2/p-2. The SMILES string of the molecule is CCOC(=O)C1=C(c2nc(/C=C3\[N-]C=CS3)sc2C(=O)OCC)[N-]/C(=C\c2nccs2)S1.[Cu+2]. The molecule has 0 atom stereocenters. The van der Waals surface area contributed by atoms with Crippen LogP contribution in [-0.4, -0.2) is 35.1 Å². The molecule has 2 aliphatic rings. The van der Waals surface area contributed by atoms with Crippen molar-refractivity contribution in [2.75, 3.05) is 13.2 Å². The molecule has 0 aliphatic carbocycles. The van der Waals surface area contributed by atoms with Crippen molar-refractivity contribution in [3.8, 4) is 0 Å². The molecule has 4 rings (SSSR count).